The Labute approximate surface area is 194 Å². The number of carbonyl (C=O) groups is 2. The Bertz CT molecular complexity index is 1150. The second-order valence-electron chi connectivity index (χ2n) is 8.52. The number of hydrogen-bond acceptors (Lipinski definition) is 5. The summed E-state index contributed by atoms with van der Waals surface area (Å²) in [5.41, 5.74) is 1.86. The Balaban J connectivity index is 0.000000385. The van der Waals surface area contributed by atoms with Crippen LogP contribution in [0.5, 0.6) is 0 Å². The topological polar surface area (TPSA) is 111 Å². The van der Waals surface area contributed by atoms with Gasteiger partial charge in [-0.1, -0.05) is 23.7 Å². The van der Waals surface area contributed by atoms with Crippen LogP contribution < -0.4 is 0 Å². The molecular formula is C24H23ClFNO6. The van der Waals surface area contributed by atoms with Crippen LogP contribution in [-0.4, -0.2) is 44.2 Å². The maximum atomic E-state index is 13.7. The Hall–Kier alpha value is -2.94. The van der Waals surface area contributed by atoms with Crippen molar-refractivity contribution in [2.24, 2.45) is 0 Å². The first-order valence-electron chi connectivity index (χ1n) is 10.5. The molecule has 5 rings (SSSR count). The fourth-order valence-corrected chi connectivity index (χ4v) is 5.07. The Morgan fingerprint density at radius 3 is 2.24 bits per heavy atom. The third-order valence-corrected chi connectivity index (χ3v) is 6.70. The molecule has 0 saturated carbocycles. The number of carboxylic acid groups (broad SMARTS) is 2. The molecule has 0 spiro atoms. The predicted octanol–water partition coefficient (Wildman–Crippen LogP) is 4.40. The van der Waals surface area contributed by atoms with Gasteiger partial charge in [0.2, 0.25) is 0 Å². The third-order valence-electron chi connectivity index (χ3n) is 6.45. The van der Waals surface area contributed by atoms with E-state index in [1.807, 2.05) is 24.3 Å². The summed E-state index contributed by atoms with van der Waals surface area (Å²) in [4.78, 5) is 20.7. The zero-order chi connectivity index (χ0) is 23.8. The van der Waals surface area contributed by atoms with Crippen LogP contribution in [0, 0.1) is 5.82 Å². The van der Waals surface area contributed by atoms with Gasteiger partial charge in [0, 0.05) is 34.6 Å². The minimum atomic E-state index is -1.82. The fourth-order valence-electron chi connectivity index (χ4n) is 4.94. The van der Waals surface area contributed by atoms with Gasteiger partial charge in [0.05, 0.1) is 11.9 Å². The number of hydrogen-bond donors (Lipinski definition) is 3. The minimum absolute atomic E-state index is 0.246. The molecule has 2 fully saturated rings. The number of aliphatic hydroxyl groups is 1. The molecule has 2 bridgehead atoms. The van der Waals surface area contributed by atoms with Gasteiger partial charge >= 0.3 is 11.9 Å². The molecule has 3 atom stereocenters. The number of piperidine rings is 1. The van der Waals surface area contributed by atoms with Crippen molar-refractivity contribution in [1.82, 2.24) is 4.90 Å². The first-order valence-corrected chi connectivity index (χ1v) is 10.9. The monoisotopic (exact) mass is 475 g/mol. The largest absolute Gasteiger partial charge is 0.473 e. The zero-order valence-corrected chi connectivity index (χ0v) is 18.3. The molecule has 9 heteroatoms. The summed E-state index contributed by atoms with van der Waals surface area (Å²) < 4.78 is 19.3. The van der Waals surface area contributed by atoms with Gasteiger partial charge in [-0.25, -0.2) is 14.0 Å². The van der Waals surface area contributed by atoms with Crippen LogP contribution in [0.1, 0.15) is 36.8 Å². The van der Waals surface area contributed by atoms with Crippen molar-refractivity contribution in [2.45, 2.75) is 49.9 Å². The van der Waals surface area contributed by atoms with Crippen molar-refractivity contribution in [2.75, 3.05) is 0 Å². The van der Waals surface area contributed by atoms with Crippen molar-refractivity contribution in [3.05, 3.63) is 70.7 Å². The van der Waals surface area contributed by atoms with Crippen LogP contribution in [0.15, 0.2) is 53.1 Å². The number of fused-ring (bicyclic) bond motifs is 3. The summed E-state index contributed by atoms with van der Waals surface area (Å²) in [6.07, 6.45) is 5.30. The molecule has 2 aliphatic heterocycles. The molecule has 2 aliphatic rings. The van der Waals surface area contributed by atoms with Gasteiger partial charge in [0.25, 0.3) is 0 Å². The Morgan fingerprint density at radius 2 is 1.67 bits per heavy atom. The molecule has 2 aromatic carbocycles. The van der Waals surface area contributed by atoms with Crippen molar-refractivity contribution >= 4 is 34.5 Å². The van der Waals surface area contributed by atoms with Crippen molar-refractivity contribution in [1.29, 1.82) is 0 Å². The van der Waals surface area contributed by atoms with Crippen molar-refractivity contribution < 1.29 is 33.7 Å². The summed E-state index contributed by atoms with van der Waals surface area (Å²) in [7, 11) is 0. The predicted molar refractivity (Wildman–Crippen MR) is 118 cm³/mol. The lowest BCUT2D eigenvalue weighted by Gasteiger charge is -2.44. The molecule has 0 radical (unpaired) electrons. The first-order chi connectivity index (χ1) is 15.7. The third kappa shape index (κ3) is 4.88. The van der Waals surface area contributed by atoms with E-state index in [0.717, 1.165) is 35.9 Å². The maximum Gasteiger partial charge on any atom is 0.414 e. The van der Waals surface area contributed by atoms with Crippen molar-refractivity contribution in [3.63, 3.8) is 0 Å². The fraction of sp³-hybridized carbons (Fsp3) is 0.333. The summed E-state index contributed by atoms with van der Waals surface area (Å²) in [5, 5.41) is 27.6. The number of carboxylic acids is 2. The molecule has 0 amide bonds. The van der Waals surface area contributed by atoms with E-state index in [1.54, 1.807) is 18.4 Å². The zero-order valence-electron chi connectivity index (χ0n) is 17.6. The molecule has 3 aromatic rings. The quantitative estimate of drug-likeness (QED) is 0.481. The van der Waals surface area contributed by atoms with Crippen LogP contribution in [0.4, 0.5) is 4.39 Å². The first kappa shape index (κ1) is 23.2. The molecule has 1 aromatic heterocycles. The van der Waals surface area contributed by atoms with Crippen LogP contribution in [0.3, 0.4) is 0 Å². The lowest BCUT2D eigenvalue weighted by molar-refractivity contribution is -0.159. The standard InChI is InChI=1S/C22H21ClFNO2.C2H2O4/c23-16-3-1-15(2-4-16)22(26)10-18-6-7-19(11-22)25(18)12-14-13-27-21-8-5-17(24)9-20(14)21;3-1(4)2(5)6/h1-5,8-9,13,18-19,26H,6-7,10-12H2;(H,3,4)(H,5,6)/t18-,19+,22?;. The number of halogens is 2. The summed E-state index contributed by atoms with van der Waals surface area (Å²) in [6.45, 7) is 0.725. The molecule has 7 nitrogen and oxygen atoms in total. The van der Waals surface area contributed by atoms with E-state index in [1.165, 1.54) is 6.07 Å². The van der Waals surface area contributed by atoms with Gasteiger partial charge in [-0.15, -0.1) is 0 Å². The number of rotatable bonds is 3. The highest BCUT2D eigenvalue weighted by Crippen LogP contribution is 2.46. The minimum Gasteiger partial charge on any atom is -0.473 e. The molecule has 33 heavy (non-hydrogen) atoms. The highest BCUT2D eigenvalue weighted by atomic mass is 35.5. The van der Waals surface area contributed by atoms with Gasteiger partial charge in [0.15, 0.2) is 0 Å². The van der Waals surface area contributed by atoms with Gasteiger partial charge in [-0.2, -0.15) is 0 Å². The van der Waals surface area contributed by atoms with Gasteiger partial charge in [-0.05, 0) is 61.6 Å². The highest BCUT2D eigenvalue weighted by Gasteiger charge is 2.48. The Morgan fingerprint density at radius 1 is 1.06 bits per heavy atom. The van der Waals surface area contributed by atoms with Gasteiger partial charge in [0.1, 0.15) is 11.4 Å². The lowest BCUT2D eigenvalue weighted by atomic mass is 9.80. The number of aliphatic carboxylic acids is 2. The number of furan rings is 1. The number of nitrogens with zero attached hydrogens (tertiary/aromatic N) is 1. The average molecular weight is 476 g/mol. The molecular weight excluding hydrogens is 453 g/mol. The van der Waals surface area contributed by atoms with Gasteiger partial charge < -0.3 is 19.7 Å². The van der Waals surface area contributed by atoms with Crippen LogP contribution in [0.25, 0.3) is 11.0 Å². The molecule has 0 aliphatic carbocycles. The normalized spacial score (nSPS) is 24.3. The van der Waals surface area contributed by atoms with E-state index in [9.17, 15) is 9.50 Å². The second-order valence-corrected chi connectivity index (χ2v) is 8.95. The molecule has 2 saturated heterocycles. The van der Waals surface area contributed by atoms with E-state index >= 15 is 0 Å². The van der Waals surface area contributed by atoms with E-state index in [2.05, 4.69) is 4.90 Å². The molecule has 3 N–H and O–H groups in total. The van der Waals surface area contributed by atoms with E-state index in [-0.39, 0.29) is 5.82 Å². The summed E-state index contributed by atoms with van der Waals surface area (Å²) >= 11 is 6.00. The average Bonchev–Trinajstić information content (AvgIpc) is 3.27. The van der Waals surface area contributed by atoms with Crippen LogP contribution >= 0.6 is 11.6 Å². The summed E-state index contributed by atoms with van der Waals surface area (Å²) in [5.74, 6) is -3.89. The van der Waals surface area contributed by atoms with E-state index in [4.69, 9.17) is 35.8 Å². The molecule has 1 unspecified atom stereocenters. The van der Waals surface area contributed by atoms with Crippen molar-refractivity contribution in [3.8, 4) is 0 Å². The summed E-state index contributed by atoms with van der Waals surface area (Å²) in [6, 6.07) is 12.8. The van der Waals surface area contributed by atoms with Crippen LogP contribution in [-0.2, 0) is 21.7 Å². The van der Waals surface area contributed by atoms with E-state index < -0.39 is 17.5 Å². The maximum absolute atomic E-state index is 13.7. The van der Waals surface area contributed by atoms with Crippen LogP contribution in [0.2, 0.25) is 5.02 Å². The Kier molecular flexibility index (Phi) is 6.43. The second kappa shape index (κ2) is 9.13. The van der Waals surface area contributed by atoms with E-state index in [0.29, 0.717) is 35.5 Å². The smallest absolute Gasteiger partial charge is 0.414 e. The van der Waals surface area contributed by atoms with Gasteiger partial charge in [-0.3, -0.25) is 4.90 Å². The SMILES string of the molecule is O=C(O)C(=O)O.OC1(c2ccc(Cl)cc2)C[C@H]2CC[C@@H](C1)N2Cc1coc2ccc(F)cc12. The molecule has 3 heterocycles. The number of benzene rings is 2. The lowest BCUT2D eigenvalue weighted by Crippen LogP contribution is -2.49. The highest BCUT2D eigenvalue weighted by molar-refractivity contribution is 6.30. The molecule has 174 valence electrons.